The Hall–Kier alpha value is -0.960. The number of hydrogen-bond acceptors (Lipinski definition) is 3. The van der Waals surface area contributed by atoms with E-state index < -0.39 is 0 Å². The molecule has 62 valence electrons. The van der Waals surface area contributed by atoms with Crippen molar-refractivity contribution in [2.24, 2.45) is 0 Å². The van der Waals surface area contributed by atoms with Crippen LogP contribution in [0.25, 0.3) is 11.1 Å². The first-order valence-electron chi connectivity index (χ1n) is 3.69. The highest BCUT2D eigenvalue weighted by Gasteiger charge is 2.05. The lowest BCUT2D eigenvalue weighted by molar-refractivity contribution is 0.600. The van der Waals surface area contributed by atoms with Crippen LogP contribution in [-0.2, 0) is 0 Å². The topological polar surface area (TPSA) is 26.0 Å². The average Bonchev–Trinajstić information content (AvgIpc) is 2.54. The summed E-state index contributed by atoms with van der Waals surface area (Å²) in [6.45, 7) is 2.03. The molecule has 0 atom stereocenters. The van der Waals surface area contributed by atoms with Gasteiger partial charge in [0.1, 0.15) is 5.52 Å². The average molecular weight is 179 g/mol. The van der Waals surface area contributed by atoms with Gasteiger partial charge < -0.3 is 4.42 Å². The maximum atomic E-state index is 5.27. The Morgan fingerprint density at radius 3 is 3.00 bits per heavy atom. The molecule has 1 aromatic heterocycles. The molecular weight excluding hydrogens is 170 g/mol. The second-order valence-corrected chi connectivity index (χ2v) is 3.46. The van der Waals surface area contributed by atoms with Crippen LogP contribution in [-0.4, -0.2) is 11.2 Å². The van der Waals surface area contributed by atoms with E-state index in [0.717, 1.165) is 16.7 Å². The Morgan fingerprint density at radius 1 is 1.42 bits per heavy atom. The smallest absolute Gasteiger partial charge is 0.182 e. The van der Waals surface area contributed by atoms with Gasteiger partial charge in [-0.3, -0.25) is 0 Å². The highest BCUT2D eigenvalue weighted by molar-refractivity contribution is 7.98. The zero-order valence-electron chi connectivity index (χ0n) is 7.00. The van der Waals surface area contributed by atoms with Crippen molar-refractivity contribution in [3.05, 3.63) is 24.1 Å². The van der Waals surface area contributed by atoms with Gasteiger partial charge in [0, 0.05) is 4.90 Å². The lowest BCUT2D eigenvalue weighted by Gasteiger charge is -1.97. The summed E-state index contributed by atoms with van der Waals surface area (Å²) in [4.78, 5) is 5.33. The standard InChI is InChI=1S/C9H9NOS/c1-6-3-4-7(12-2)8-9(6)11-5-10-8/h3-5H,1-2H3. The second kappa shape index (κ2) is 2.83. The molecule has 0 bridgehead atoms. The Labute approximate surface area is 75.0 Å². The molecule has 0 amide bonds. The first kappa shape index (κ1) is 7.68. The highest BCUT2D eigenvalue weighted by Crippen LogP contribution is 2.27. The van der Waals surface area contributed by atoms with E-state index in [9.17, 15) is 0 Å². The molecule has 0 radical (unpaired) electrons. The van der Waals surface area contributed by atoms with Crippen molar-refractivity contribution in [3.8, 4) is 0 Å². The van der Waals surface area contributed by atoms with Crippen molar-refractivity contribution in [2.75, 3.05) is 6.26 Å². The molecule has 1 heterocycles. The Kier molecular flexibility index (Phi) is 1.81. The van der Waals surface area contributed by atoms with Gasteiger partial charge in [0.15, 0.2) is 12.0 Å². The third-order valence-corrected chi connectivity index (χ3v) is 2.63. The predicted octanol–water partition coefficient (Wildman–Crippen LogP) is 2.86. The van der Waals surface area contributed by atoms with Crippen LogP contribution < -0.4 is 0 Å². The van der Waals surface area contributed by atoms with E-state index in [1.54, 1.807) is 11.8 Å². The van der Waals surface area contributed by atoms with E-state index >= 15 is 0 Å². The zero-order chi connectivity index (χ0) is 8.55. The van der Waals surface area contributed by atoms with Gasteiger partial charge >= 0.3 is 0 Å². The quantitative estimate of drug-likeness (QED) is 0.629. The van der Waals surface area contributed by atoms with Gasteiger partial charge in [-0.2, -0.15) is 0 Å². The number of oxazole rings is 1. The monoisotopic (exact) mass is 179 g/mol. The zero-order valence-corrected chi connectivity index (χ0v) is 7.81. The summed E-state index contributed by atoms with van der Waals surface area (Å²) >= 11 is 1.69. The van der Waals surface area contributed by atoms with Gasteiger partial charge in [0.2, 0.25) is 0 Å². The number of rotatable bonds is 1. The number of fused-ring (bicyclic) bond motifs is 1. The number of hydrogen-bond donors (Lipinski definition) is 0. The first-order chi connectivity index (χ1) is 5.83. The van der Waals surface area contributed by atoms with Crippen molar-refractivity contribution in [2.45, 2.75) is 11.8 Å². The van der Waals surface area contributed by atoms with Crippen LogP contribution in [0.15, 0.2) is 27.8 Å². The molecule has 0 N–H and O–H groups in total. The maximum absolute atomic E-state index is 5.27. The van der Waals surface area contributed by atoms with Crippen molar-refractivity contribution >= 4 is 22.9 Å². The molecule has 3 heteroatoms. The van der Waals surface area contributed by atoms with E-state index in [0.29, 0.717) is 0 Å². The molecular formula is C9H9NOS. The van der Waals surface area contributed by atoms with Crippen molar-refractivity contribution in [1.29, 1.82) is 0 Å². The van der Waals surface area contributed by atoms with Gasteiger partial charge in [-0.15, -0.1) is 11.8 Å². The van der Waals surface area contributed by atoms with Crippen LogP contribution in [0.4, 0.5) is 0 Å². The molecule has 0 aliphatic carbocycles. The summed E-state index contributed by atoms with van der Waals surface area (Å²) in [5, 5.41) is 0. The minimum atomic E-state index is 0.904. The summed E-state index contributed by atoms with van der Waals surface area (Å²) in [7, 11) is 0. The summed E-state index contributed by atoms with van der Waals surface area (Å²) in [5.74, 6) is 0. The lowest BCUT2D eigenvalue weighted by atomic mass is 10.2. The minimum Gasteiger partial charge on any atom is -0.443 e. The van der Waals surface area contributed by atoms with Crippen molar-refractivity contribution in [1.82, 2.24) is 4.98 Å². The molecule has 0 saturated heterocycles. The van der Waals surface area contributed by atoms with Crippen LogP contribution in [0.3, 0.4) is 0 Å². The molecule has 2 nitrogen and oxygen atoms in total. The van der Waals surface area contributed by atoms with Gasteiger partial charge in [-0.05, 0) is 24.8 Å². The van der Waals surface area contributed by atoms with E-state index in [-0.39, 0.29) is 0 Å². The molecule has 0 aliphatic rings. The number of nitrogens with zero attached hydrogens (tertiary/aromatic N) is 1. The summed E-state index contributed by atoms with van der Waals surface area (Å²) in [6, 6.07) is 4.13. The SMILES string of the molecule is CSc1ccc(C)c2ocnc12. The fourth-order valence-electron chi connectivity index (χ4n) is 1.22. The van der Waals surface area contributed by atoms with Gasteiger partial charge in [0.25, 0.3) is 0 Å². The van der Waals surface area contributed by atoms with Crippen LogP contribution in [0.1, 0.15) is 5.56 Å². The van der Waals surface area contributed by atoms with E-state index in [2.05, 4.69) is 17.1 Å². The molecule has 0 aliphatic heterocycles. The van der Waals surface area contributed by atoms with Crippen LogP contribution in [0.5, 0.6) is 0 Å². The fourth-order valence-corrected chi connectivity index (χ4v) is 1.76. The van der Waals surface area contributed by atoms with Gasteiger partial charge in [-0.25, -0.2) is 4.98 Å². The van der Waals surface area contributed by atoms with Gasteiger partial charge in [0.05, 0.1) is 0 Å². The third kappa shape index (κ3) is 1.01. The van der Waals surface area contributed by atoms with Gasteiger partial charge in [-0.1, -0.05) is 6.07 Å². The first-order valence-corrected chi connectivity index (χ1v) is 4.92. The van der Waals surface area contributed by atoms with E-state index in [4.69, 9.17) is 4.42 Å². The van der Waals surface area contributed by atoms with Crippen LogP contribution >= 0.6 is 11.8 Å². The summed E-state index contributed by atoms with van der Waals surface area (Å²) < 4.78 is 5.27. The summed E-state index contributed by atoms with van der Waals surface area (Å²) in [5.41, 5.74) is 3.02. The van der Waals surface area contributed by atoms with E-state index in [1.807, 2.05) is 13.2 Å². The fraction of sp³-hybridized carbons (Fsp3) is 0.222. The molecule has 0 fully saturated rings. The normalized spacial score (nSPS) is 10.8. The molecule has 2 rings (SSSR count). The van der Waals surface area contributed by atoms with Crippen LogP contribution in [0.2, 0.25) is 0 Å². The minimum absolute atomic E-state index is 0.904. The molecule has 0 unspecified atom stereocenters. The molecule has 1 aromatic carbocycles. The van der Waals surface area contributed by atoms with Crippen LogP contribution in [0, 0.1) is 6.92 Å². The van der Waals surface area contributed by atoms with Crippen molar-refractivity contribution < 1.29 is 4.42 Å². The number of aromatic nitrogens is 1. The Bertz CT molecular complexity index is 408. The number of benzene rings is 1. The summed E-state index contributed by atoms with van der Waals surface area (Å²) in [6.07, 6.45) is 3.54. The highest BCUT2D eigenvalue weighted by atomic mass is 32.2. The van der Waals surface area contributed by atoms with Crippen molar-refractivity contribution in [3.63, 3.8) is 0 Å². The lowest BCUT2D eigenvalue weighted by Crippen LogP contribution is -1.77. The second-order valence-electron chi connectivity index (χ2n) is 2.61. The van der Waals surface area contributed by atoms with E-state index in [1.165, 1.54) is 11.3 Å². The molecule has 0 spiro atoms. The third-order valence-electron chi connectivity index (χ3n) is 1.86. The number of aryl methyl sites for hydroxylation is 1. The maximum Gasteiger partial charge on any atom is 0.182 e. The molecule has 12 heavy (non-hydrogen) atoms. The predicted molar refractivity (Wildman–Crippen MR) is 50.5 cm³/mol. The Balaban J connectivity index is 2.82. The number of thioether (sulfide) groups is 1. The molecule has 2 aromatic rings. The largest absolute Gasteiger partial charge is 0.443 e. The molecule has 0 saturated carbocycles. The Morgan fingerprint density at radius 2 is 2.25 bits per heavy atom.